The van der Waals surface area contributed by atoms with E-state index in [4.69, 9.17) is 10.3 Å². The molecule has 2 heterocycles. The molecule has 7 heteroatoms. The SMILES string of the molecule is Cc1cc(NC(=O)N2CCC(c3cc(N)on3)CC2)ccc1Br. The highest BCUT2D eigenvalue weighted by Gasteiger charge is 2.25. The van der Waals surface area contributed by atoms with Gasteiger partial charge in [0.2, 0.25) is 5.88 Å². The first kappa shape index (κ1) is 15.9. The molecule has 2 aromatic rings. The average Bonchev–Trinajstić information content (AvgIpc) is 2.97. The zero-order valence-electron chi connectivity index (χ0n) is 12.9. The Morgan fingerprint density at radius 2 is 2.13 bits per heavy atom. The number of likely N-dealkylation sites (tertiary alicyclic amines) is 1. The number of aryl methyl sites for hydroxylation is 1. The van der Waals surface area contributed by atoms with Crippen LogP contribution in [0.15, 0.2) is 33.3 Å². The Hall–Kier alpha value is -2.02. The Bertz CT molecular complexity index is 708. The number of nitrogens with one attached hydrogen (secondary N) is 1. The number of nitrogen functional groups attached to an aromatic ring is 1. The zero-order chi connectivity index (χ0) is 16.4. The number of aromatic nitrogens is 1. The van der Waals surface area contributed by atoms with Gasteiger partial charge in [0.05, 0.1) is 5.69 Å². The number of nitrogens with zero attached hydrogens (tertiary/aromatic N) is 2. The third-order valence-corrected chi connectivity index (χ3v) is 5.05. The summed E-state index contributed by atoms with van der Waals surface area (Å²) >= 11 is 3.46. The van der Waals surface area contributed by atoms with Gasteiger partial charge in [0.1, 0.15) is 0 Å². The molecule has 6 nitrogen and oxygen atoms in total. The Morgan fingerprint density at radius 3 is 2.74 bits per heavy atom. The normalized spacial score (nSPS) is 15.7. The van der Waals surface area contributed by atoms with E-state index < -0.39 is 0 Å². The Morgan fingerprint density at radius 1 is 1.39 bits per heavy atom. The third-order valence-electron chi connectivity index (χ3n) is 4.16. The summed E-state index contributed by atoms with van der Waals surface area (Å²) in [6.45, 7) is 3.38. The molecule has 1 aromatic carbocycles. The van der Waals surface area contributed by atoms with Gasteiger partial charge in [0.25, 0.3) is 0 Å². The van der Waals surface area contributed by atoms with Gasteiger partial charge in [-0.1, -0.05) is 21.1 Å². The maximum atomic E-state index is 12.4. The van der Waals surface area contributed by atoms with E-state index in [1.807, 2.05) is 30.0 Å². The first-order valence-corrected chi connectivity index (χ1v) is 8.36. The second-order valence-corrected chi connectivity index (χ2v) is 6.66. The van der Waals surface area contributed by atoms with Gasteiger partial charge in [-0.2, -0.15) is 0 Å². The van der Waals surface area contributed by atoms with Crippen molar-refractivity contribution in [2.75, 3.05) is 24.1 Å². The molecule has 1 aliphatic heterocycles. The summed E-state index contributed by atoms with van der Waals surface area (Å²) in [4.78, 5) is 14.2. The van der Waals surface area contributed by atoms with Crippen LogP contribution in [0.5, 0.6) is 0 Å². The van der Waals surface area contributed by atoms with Crippen LogP contribution in [0.3, 0.4) is 0 Å². The van der Waals surface area contributed by atoms with Crippen LogP contribution in [0.25, 0.3) is 0 Å². The van der Waals surface area contributed by atoms with Crippen molar-refractivity contribution in [3.63, 3.8) is 0 Å². The molecule has 23 heavy (non-hydrogen) atoms. The van der Waals surface area contributed by atoms with Crippen molar-refractivity contribution >= 4 is 33.5 Å². The molecule has 1 aromatic heterocycles. The Kier molecular flexibility index (Phi) is 4.56. The molecule has 0 spiro atoms. The highest BCUT2D eigenvalue weighted by atomic mass is 79.9. The molecule has 122 valence electrons. The highest BCUT2D eigenvalue weighted by molar-refractivity contribution is 9.10. The fourth-order valence-electron chi connectivity index (χ4n) is 2.80. The lowest BCUT2D eigenvalue weighted by atomic mass is 9.94. The summed E-state index contributed by atoms with van der Waals surface area (Å²) < 4.78 is 5.95. The van der Waals surface area contributed by atoms with Crippen molar-refractivity contribution in [2.24, 2.45) is 0 Å². The molecule has 0 aliphatic carbocycles. The van der Waals surface area contributed by atoms with Crippen LogP contribution >= 0.6 is 15.9 Å². The molecular formula is C16H19BrN4O2. The monoisotopic (exact) mass is 378 g/mol. The predicted octanol–water partition coefficient (Wildman–Crippen LogP) is 3.74. The topological polar surface area (TPSA) is 84.4 Å². The van der Waals surface area contributed by atoms with Crippen molar-refractivity contribution in [1.29, 1.82) is 0 Å². The van der Waals surface area contributed by atoms with Gasteiger partial charge in [-0.15, -0.1) is 0 Å². The maximum absolute atomic E-state index is 12.4. The van der Waals surface area contributed by atoms with Crippen LogP contribution in [-0.4, -0.2) is 29.2 Å². The zero-order valence-corrected chi connectivity index (χ0v) is 14.5. The van der Waals surface area contributed by atoms with E-state index in [0.29, 0.717) is 24.9 Å². The lowest BCUT2D eigenvalue weighted by Crippen LogP contribution is -2.40. The summed E-state index contributed by atoms with van der Waals surface area (Å²) in [5.74, 6) is 0.640. The van der Waals surface area contributed by atoms with Gasteiger partial charge < -0.3 is 20.5 Å². The van der Waals surface area contributed by atoms with E-state index in [-0.39, 0.29) is 6.03 Å². The number of carbonyl (C=O) groups is 1. The number of amides is 2. The van der Waals surface area contributed by atoms with Crippen molar-refractivity contribution in [1.82, 2.24) is 10.1 Å². The molecule has 1 aliphatic rings. The number of halogens is 1. The third kappa shape index (κ3) is 3.67. The minimum atomic E-state index is -0.0650. The predicted molar refractivity (Wildman–Crippen MR) is 92.4 cm³/mol. The molecule has 0 unspecified atom stereocenters. The molecule has 1 saturated heterocycles. The molecule has 3 rings (SSSR count). The minimum absolute atomic E-state index is 0.0650. The van der Waals surface area contributed by atoms with Crippen molar-refractivity contribution in [2.45, 2.75) is 25.7 Å². The minimum Gasteiger partial charge on any atom is -0.368 e. The number of hydrogen-bond donors (Lipinski definition) is 2. The number of rotatable bonds is 2. The lowest BCUT2D eigenvalue weighted by Gasteiger charge is -2.31. The van der Waals surface area contributed by atoms with Crippen molar-refractivity contribution in [3.8, 4) is 0 Å². The second-order valence-electron chi connectivity index (χ2n) is 5.81. The average molecular weight is 379 g/mol. The van der Waals surface area contributed by atoms with Crippen LogP contribution in [0, 0.1) is 6.92 Å². The summed E-state index contributed by atoms with van der Waals surface area (Å²) in [5.41, 5.74) is 8.34. The largest absolute Gasteiger partial charge is 0.368 e. The summed E-state index contributed by atoms with van der Waals surface area (Å²) in [6.07, 6.45) is 1.72. The van der Waals surface area contributed by atoms with Gasteiger partial charge in [-0.3, -0.25) is 0 Å². The van der Waals surface area contributed by atoms with E-state index in [1.165, 1.54) is 0 Å². The van der Waals surface area contributed by atoms with Crippen LogP contribution in [0.1, 0.15) is 30.0 Å². The molecule has 0 radical (unpaired) electrons. The number of carbonyl (C=O) groups excluding carboxylic acids is 1. The lowest BCUT2D eigenvalue weighted by molar-refractivity contribution is 0.193. The quantitative estimate of drug-likeness (QED) is 0.833. The summed E-state index contributed by atoms with van der Waals surface area (Å²) in [6, 6.07) is 7.48. The highest BCUT2D eigenvalue weighted by Crippen LogP contribution is 2.28. The molecule has 0 saturated carbocycles. The number of hydrogen-bond acceptors (Lipinski definition) is 4. The first-order chi connectivity index (χ1) is 11.0. The van der Waals surface area contributed by atoms with E-state index in [0.717, 1.165) is 34.3 Å². The van der Waals surface area contributed by atoms with Gasteiger partial charge in [0.15, 0.2) is 0 Å². The molecular weight excluding hydrogens is 360 g/mol. The number of anilines is 2. The number of nitrogens with two attached hydrogens (primary N) is 1. The molecule has 1 fully saturated rings. The Balaban J connectivity index is 1.56. The van der Waals surface area contributed by atoms with E-state index in [9.17, 15) is 4.79 Å². The Labute approximate surface area is 143 Å². The van der Waals surface area contributed by atoms with Crippen LogP contribution < -0.4 is 11.1 Å². The van der Waals surface area contributed by atoms with Gasteiger partial charge in [-0.25, -0.2) is 4.79 Å². The smallest absolute Gasteiger partial charge is 0.321 e. The maximum Gasteiger partial charge on any atom is 0.321 e. The van der Waals surface area contributed by atoms with Gasteiger partial charge >= 0.3 is 6.03 Å². The number of urea groups is 1. The van der Waals surface area contributed by atoms with E-state index >= 15 is 0 Å². The van der Waals surface area contributed by atoms with E-state index in [1.54, 1.807) is 6.07 Å². The van der Waals surface area contributed by atoms with Crippen LogP contribution in [0.2, 0.25) is 0 Å². The molecule has 0 bridgehead atoms. The molecule has 0 atom stereocenters. The fraction of sp³-hybridized carbons (Fsp3) is 0.375. The van der Waals surface area contributed by atoms with Crippen LogP contribution in [-0.2, 0) is 0 Å². The number of piperidine rings is 1. The second kappa shape index (κ2) is 6.62. The first-order valence-electron chi connectivity index (χ1n) is 7.57. The van der Waals surface area contributed by atoms with Gasteiger partial charge in [-0.05, 0) is 43.5 Å². The standard InChI is InChI=1S/C16H19BrN4O2/c1-10-8-12(2-3-13(10)17)19-16(22)21-6-4-11(5-7-21)14-9-15(18)23-20-14/h2-3,8-9,11H,4-7,18H2,1H3,(H,19,22). The van der Waals surface area contributed by atoms with Crippen LogP contribution in [0.4, 0.5) is 16.4 Å². The van der Waals surface area contributed by atoms with E-state index in [2.05, 4.69) is 26.4 Å². The van der Waals surface area contributed by atoms with Crippen molar-refractivity contribution < 1.29 is 9.32 Å². The fourth-order valence-corrected chi connectivity index (χ4v) is 3.05. The summed E-state index contributed by atoms with van der Waals surface area (Å²) in [5, 5.41) is 6.92. The molecule has 2 amide bonds. The summed E-state index contributed by atoms with van der Waals surface area (Å²) in [7, 11) is 0. The number of benzene rings is 1. The van der Waals surface area contributed by atoms with Gasteiger partial charge in [0, 0.05) is 35.2 Å². The molecule has 3 N–H and O–H groups in total. The van der Waals surface area contributed by atoms with Crippen molar-refractivity contribution in [3.05, 3.63) is 40.0 Å².